The fourth-order valence-electron chi connectivity index (χ4n) is 1.59. The third-order valence-corrected chi connectivity index (χ3v) is 2.53. The molecule has 0 saturated heterocycles. The number of hydrogen-bond acceptors (Lipinski definition) is 2. The van der Waals surface area contributed by atoms with E-state index in [1.54, 1.807) is 7.11 Å². The molecular weight excluding hydrogens is 198 g/mol. The molecule has 0 heterocycles. The van der Waals surface area contributed by atoms with E-state index in [4.69, 9.17) is 11.2 Å². The van der Waals surface area contributed by atoms with Crippen LogP contribution in [0.15, 0.2) is 24.3 Å². The first-order valence-electron chi connectivity index (χ1n) is 5.62. The van der Waals surface area contributed by atoms with Crippen LogP contribution in [-0.4, -0.2) is 19.7 Å². The minimum atomic E-state index is 0.173. The molecular formula is C14H19NO. The van der Waals surface area contributed by atoms with Crippen LogP contribution in [0.2, 0.25) is 0 Å². The molecule has 0 aliphatic carbocycles. The number of benzene rings is 1. The minimum absolute atomic E-state index is 0.173. The van der Waals surface area contributed by atoms with Gasteiger partial charge in [0.25, 0.3) is 0 Å². The molecule has 0 aromatic heterocycles. The Balaban J connectivity index is 2.44. The Morgan fingerprint density at radius 3 is 2.56 bits per heavy atom. The summed E-state index contributed by atoms with van der Waals surface area (Å²) in [7, 11) is 1.68. The zero-order valence-corrected chi connectivity index (χ0v) is 9.99. The van der Waals surface area contributed by atoms with Crippen molar-refractivity contribution in [1.82, 2.24) is 5.32 Å². The van der Waals surface area contributed by atoms with Gasteiger partial charge < -0.3 is 10.1 Å². The molecule has 0 bridgehead atoms. The quantitative estimate of drug-likeness (QED) is 0.738. The molecule has 0 aliphatic heterocycles. The van der Waals surface area contributed by atoms with E-state index >= 15 is 0 Å². The Morgan fingerprint density at radius 1 is 1.38 bits per heavy atom. The molecule has 86 valence electrons. The van der Waals surface area contributed by atoms with Crippen molar-refractivity contribution in [2.75, 3.05) is 13.7 Å². The summed E-state index contributed by atoms with van der Waals surface area (Å²) in [4.78, 5) is 0. The van der Waals surface area contributed by atoms with Gasteiger partial charge in [0.1, 0.15) is 5.75 Å². The van der Waals surface area contributed by atoms with Crippen molar-refractivity contribution in [1.29, 1.82) is 0 Å². The van der Waals surface area contributed by atoms with Crippen LogP contribution in [0.4, 0.5) is 0 Å². The topological polar surface area (TPSA) is 21.3 Å². The standard InChI is InChI=1S/C14H19NO/c1-4-13(15-5-2)9-6-12-7-10-14(16-3)11-8-12/h1,7-8,10-11,13,15H,5-6,9H2,2-3H3. The number of terminal acetylenes is 1. The van der Waals surface area contributed by atoms with Crippen molar-refractivity contribution < 1.29 is 4.74 Å². The van der Waals surface area contributed by atoms with Crippen LogP contribution in [0.5, 0.6) is 5.75 Å². The molecule has 2 nitrogen and oxygen atoms in total. The highest BCUT2D eigenvalue weighted by Crippen LogP contribution is 2.13. The van der Waals surface area contributed by atoms with Gasteiger partial charge in [-0.15, -0.1) is 6.42 Å². The number of nitrogens with one attached hydrogen (secondary N) is 1. The van der Waals surface area contributed by atoms with E-state index in [-0.39, 0.29) is 6.04 Å². The molecule has 0 aliphatic rings. The highest BCUT2D eigenvalue weighted by Gasteiger charge is 2.03. The van der Waals surface area contributed by atoms with Crippen LogP contribution < -0.4 is 10.1 Å². The van der Waals surface area contributed by atoms with Crippen LogP contribution in [0, 0.1) is 12.3 Å². The maximum absolute atomic E-state index is 5.44. The SMILES string of the molecule is C#CC(CCc1ccc(OC)cc1)NCC. The Labute approximate surface area is 98.0 Å². The molecule has 0 spiro atoms. The Morgan fingerprint density at radius 2 is 2.06 bits per heavy atom. The van der Waals surface area contributed by atoms with Gasteiger partial charge >= 0.3 is 0 Å². The van der Waals surface area contributed by atoms with Gasteiger partial charge in [0.2, 0.25) is 0 Å². The van der Waals surface area contributed by atoms with Gasteiger partial charge in [0.15, 0.2) is 0 Å². The molecule has 0 saturated carbocycles. The normalized spacial score (nSPS) is 11.8. The van der Waals surface area contributed by atoms with Gasteiger partial charge in [0, 0.05) is 0 Å². The van der Waals surface area contributed by atoms with Crippen molar-refractivity contribution in [2.24, 2.45) is 0 Å². The molecule has 1 N–H and O–H groups in total. The van der Waals surface area contributed by atoms with E-state index in [0.29, 0.717) is 0 Å². The van der Waals surface area contributed by atoms with Crippen LogP contribution in [0.3, 0.4) is 0 Å². The second-order valence-electron chi connectivity index (χ2n) is 3.66. The van der Waals surface area contributed by atoms with Crippen LogP contribution >= 0.6 is 0 Å². The largest absolute Gasteiger partial charge is 0.497 e. The molecule has 1 aromatic rings. The molecule has 0 radical (unpaired) electrons. The molecule has 0 fully saturated rings. The molecule has 0 amide bonds. The van der Waals surface area contributed by atoms with E-state index in [0.717, 1.165) is 25.1 Å². The first-order chi connectivity index (χ1) is 7.80. The Hall–Kier alpha value is -1.46. The van der Waals surface area contributed by atoms with E-state index in [1.165, 1.54) is 5.56 Å². The van der Waals surface area contributed by atoms with Gasteiger partial charge in [0.05, 0.1) is 13.2 Å². The molecule has 1 atom stereocenters. The predicted molar refractivity (Wildman–Crippen MR) is 67.6 cm³/mol. The summed E-state index contributed by atoms with van der Waals surface area (Å²) in [5.41, 5.74) is 1.29. The van der Waals surface area contributed by atoms with Crippen molar-refractivity contribution in [3.8, 4) is 18.1 Å². The average Bonchev–Trinajstić information content (AvgIpc) is 2.35. The van der Waals surface area contributed by atoms with Gasteiger partial charge in [-0.2, -0.15) is 0 Å². The highest BCUT2D eigenvalue weighted by molar-refractivity contribution is 5.27. The first kappa shape index (κ1) is 12.6. The number of aryl methyl sites for hydroxylation is 1. The zero-order chi connectivity index (χ0) is 11.8. The van der Waals surface area contributed by atoms with Crippen LogP contribution in [-0.2, 0) is 6.42 Å². The number of ether oxygens (including phenoxy) is 1. The zero-order valence-electron chi connectivity index (χ0n) is 9.99. The van der Waals surface area contributed by atoms with Crippen LogP contribution in [0.1, 0.15) is 18.9 Å². The average molecular weight is 217 g/mol. The third-order valence-electron chi connectivity index (χ3n) is 2.53. The lowest BCUT2D eigenvalue weighted by Gasteiger charge is -2.11. The number of rotatable bonds is 6. The van der Waals surface area contributed by atoms with Crippen molar-refractivity contribution in [3.63, 3.8) is 0 Å². The highest BCUT2D eigenvalue weighted by atomic mass is 16.5. The van der Waals surface area contributed by atoms with E-state index in [1.807, 2.05) is 12.1 Å². The minimum Gasteiger partial charge on any atom is -0.497 e. The summed E-state index contributed by atoms with van der Waals surface area (Å²) < 4.78 is 5.11. The molecule has 1 aromatic carbocycles. The summed E-state index contributed by atoms with van der Waals surface area (Å²) in [6, 6.07) is 8.30. The van der Waals surface area contributed by atoms with Gasteiger partial charge in [-0.1, -0.05) is 25.0 Å². The third kappa shape index (κ3) is 3.96. The lowest BCUT2D eigenvalue weighted by atomic mass is 10.1. The van der Waals surface area contributed by atoms with Crippen molar-refractivity contribution in [3.05, 3.63) is 29.8 Å². The van der Waals surface area contributed by atoms with Crippen LogP contribution in [0.25, 0.3) is 0 Å². The predicted octanol–water partition coefficient (Wildman–Crippen LogP) is 2.24. The van der Waals surface area contributed by atoms with E-state index < -0.39 is 0 Å². The van der Waals surface area contributed by atoms with Gasteiger partial charge in [-0.25, -0.2) is 0 Å². The molecule has 1 rings (SSSR count). The molecule has 16 heavy (non-hydrogen) atoms. The second kappa shape index (κ2) is 6.92. The monoisotopic (exact) mass is 217 g/mol. The van der Waals surface area contributed by atoms with Crippen molar-refractivity contribution >= 4 is 0 Å². The summed E-state index contributed by atoms with van der Waals surface area (Å²) in [5, 5.41) is 3.26. The maximum Gasteiger partial charge on any atom is 0.118 e. The summed E-state index contributed by atoms with van der Waals surface area (Å²) in [6.07, 6.45) is 7.40. The first-order valence-corrected chi connectivity index (χ1v) is 5.62. The van der Waals surface area contributed by atoms with E-state index in [9.17, 15) is 0 Å². The smallest absolute Gasteiger partial charge is 0.118 e. The summed E-state index contributed by atoms with van der Waals surface area (Å²) in [5.74, 6) is 3.65. The molecule has 1 unspecified atom stereocenters. The van der Waals surface area contributed by atoms with Crippen molar-refractivity contribution in [2.45, 2.75) is 25.8 Å². The Bertz CT molecular complexity index is 337. The fourth-order valence-corrected chi connectivity index (χ4v) is 1.59. The lowest BCUT2D eigenvalue weighted by Crippen LogP contribution is -2.27. The van der Waals surface area contributed by atoms with Gasteiger partial charge in [-0.05, 0) is 37.1 Å². The lowest BCUT2D eigenvalue weighted by molar-refractivity contribution is 0.414. The summed E-state index contributed by atoms with van der Waals surface area (Å²) >= 11 is 0. The maximum atomic E-state index is 5.44. The Kier molecular flexibility index (Phi) is 5.45. The van der Waals surface area contributed by atoms with Gasteiger partial charge in [-0.3, -0.25) is 0 Å². The number of methoxy groups -OCH3 is 1. The molecule has 2 heteroatoms. The summed E-state index contributed by atoms with van der Waals surface area (Å²) in [6.45, 7) is 2.98. The fraction of sp³-hybridized carbons (Fsp3) is 0.429. The van der Waals surface area contributed by atoms with E-state index in [2.05, 4.69) is 30.3 Å². The number of hydrogen-bond donors (Lipinski definition) is 1. The second-order valence-corrected chi connectivity index (χ2v) is 3.66.